The van der Waals surface area contributed by atoms with E-state index in [1.54, 1.807) is 0 Å². The maximum atomic E-state index is 12.6. The normalized spacial score (nSPS) is 14.3. The molecule has 0 N–H and O–H groups in total. The highest BCUT2D eigenvalue weighted by Crippen LogP contribution is 2.36. The summed E-state index contributed by atoms with van der Waals surface area (Å²) in [5.41, 5.74) is 0.143. The van der Waals surface area contributed by atoms with E-state index in [0.717, 1.165) is 0 Å². The highest BCUT2D eigenvalue weighted by Gasteiger charge is 2.37. The van der Waals surface area contributed by atoms with Crippen molar-refractivity contribution in [1.82, 2.24) is 0 Å². The molecule has 41 heavy (non-hydrogen) atoms. The predicted octanol–water partition coefficient (Wildman–Crippen LogP) is 3.51. The van der Waals surface area contributed by atoms with E-state index in [4.69, 9.17) is 14.2 Å². The van der Waals surface area contributed by atoms with Crippen LogP contribution in [-0.4, -0.2) is 53.7 Å². The molecule has 0 aromatic heterocycles. The van der Waals surface area contributed by atoms with Gasteiger partial charge in [-0.05, 0) is 42.5 Å². The zero-order valence-electron chi connectivity index (χ0n) is 21.4. The van der Waals surface area contributed by atoms with Gasteiger partial charge in [-0.3, -0.25) is 34.6 Å². The smallest absolute Gasteiger partial charge is 0.343 e. The average molecular weight is 563 g/mol. The van der Waals surface area contributed by atoms with Crippen molar-refractivity contribution in [3.05, 3.63) is 98.1 Å². The summed E-state index contributed by atoms with van der Waals surface area (Å²) in [4.78, 5) is 71.8. The number of rotatable bonds is 10. The van der Waals surface area contributed by atoms with Crippen LogP contribution < -0.4 is 14.4 Å². The first kappa shape index (κ1) is 28.4. The number of Topliss-reactive ketones (excluding diaryl/α,β-unsaturated/α-hetero) is 1. The lowest BCUT2D eigenvalue weighted by molar-refractivity contribution is -0.385. The van der Waals surface area contributed by atoms with Crippen LogP contribution >= 0.6 is 0 Å². The standard InChI is InChI=1S/C27H21N3O11/c1-39-24-13-20(30(37)38)8-11-22(24)28-14-18(12-25(28)32)26(33)40-15-23(31)16-4-9-21(10-5-16)41-27(34)17-2-6-19(7-3-17)29(35)36/h2-11,13,18H,12,14-15H2,1H3/t18-/m1/s1. The van der Waals surface area contributed by atoms with Gasteiger partial charge in [0, 0.05) is 36.7 Å². The van der Waals surface area contributed by atoms with Crippen molar-refractivity contribution < 1.29 is 43.2 Å². The fourth-order valence-corrected chi connectivity index (χ4v) is 4.03. The summed E-state index contributed by atoms with van der Waals surface area (Å²) in [7, 11) is 1.30. The molecule has 0 spiro atoms. The molecule has 1 aliphatic rings. The molecule has 3 aromatic rings. The molecule has 0 bridgehead atoms. The van der Waals surface area contributed by atoms with Crippen LogP contribution in [0.5, 0.6) is 11.5 Å². The van der Waals surface area contributed by atoms with E-state index < -0.39 is 46.0 Å². The summed E-state index contributed by atoms with van der Waals surface area (Å²) in [6, 6.07) is 14.1. The third kappa shape index (κ3) is 6.50. The lowest BCUT2D eigenvalue weighted by Crippen LogP contribution is -2.27. The number of carbonyl (C=O) groups is 4. The number of esters is 2. The van der Waals surface area contributed by atoms with Crippen molar-refractivity contribution >= 4 is 40.7 Å². The number of ketones is 1. The number of nitro benzene ring substituents is 2. The minimum Gasteiger partial charge on any atom is -0.494 e. The highest BCUT2D eigenvalue weighted by molar-refractivity contribution is 6.02. The summed E-state index contributed by atoms with van der Waals surface area (Å²) in [6.45, 7) is -0.652. The Hall–Kier alpha value is -5.66. The molecular formula is C27H21N3O11. The number of methoxy groups -OCH3 is 1. The fourth-order valence-electron chi connectivity index (χ4n) is 4.03. The lowest BCUT2D eigenvalue weighted by atomic mass is 10.1. The average Bonchev–Trinajstić information content (AvgIpc) is 3.36. The first-order chi connectivity index (χ1) is 19.6. The molecule has 0 aliphatic carbocycles. The van der Waals surface area contributed by atoms with E-state index in [1.165, 1.54) is 78.7 Å². The van der Waals surface area contributed by atoms with Crippen LogP contribution in [0.4, 0.5) is 17.1 Å². The predicted molar refractivity (Wildman–Crippen MR) is 140 cm³/mol. The lowest BCUT2D eigenvalue weighted by Gasteiger charge is -2.19. The summed E-state index contributed by atoms with van der Waals surface area (Å²) < 4.78 is 15.5. The molecule has 1 fully saturated rings. The van der Waals surface area contributed by atoms with Crippen LogP contribution in [0.2, 0.25) is 0 Å². The maximum Gasteiger partial charge on any atom is 0.343 e. The van der Waals surface area contributed by atoms with Crippen LogP contribution in [0, 0.1) is 26.1 Å². The van der Waals surface area contributed by atoms with Crippen LogP contribution in [0.15, 0.2) is 66.7 Å². The second-order valence-electron chi connectivity index (χ2n) is 8.77. The molecule has 1 saturated heterocycles. The molecule has 210 valence electrons. The quantitative estimate of drug-likeness (QED) is 0.115. The van der Waals surface area contributed by atoms with E-state index in [-0.39, 0.29) is 52.7 Å². The zero-order valence-corrected chi connectivity index (χ0v) is 21.4. The third-order valence-electron chi connectivity index (χ3n) is 6.17. The van der Waals surface area contributed by atoms with Gasteiger partial charge < -0.3 is 19.1 Å². The number of ether oxygens (including phenoxy) is 3. The largest absolute Gasteiger partial charge is 0.494 e. The summed E-state index contributed by atoms with van der Waals surface area (Å²) in [5, 5.41) is 21.8. The zero-order chi connectivity index (χ0) is 29.7. The molecule has 1 atom stereocenters. The minimum atomic E-state index is -0.864. The molecule has 0 saturated carbocycles. The number of benzene rings is 3. The van der Waals surface area contributed by atoms with Crippen molar-refractivity contribution in [1.29, 1.82) is 0 Å². The van der Waals surface area contributed by atoms with Crippen molar-refractivity contribution in [2.45, 2.75) is 6.42 Å². The van der Waals surface area contributed by atoms with Gasteiger partial charge in [0.1, 0.15) is 11.5 Å². The Morgan fingerprint density at radius 2 is 1.51 bits per heavy atom. The second kappa shape index (κ2) is 12.0. The maximum absolute atomic E-state index is 12.6. The van der Waals surface area contributed by atoms with E-state index in [1.807, 2.05) is 0 Å². The summed E-state index contributed by atoms with van der Waals surface area (Å²) >= 11 is 0. The van der Waals surface area contributed by atoms with Gasteiger partial charge in [0.05, 0.1) is 40.2 Å². The SMILES string of the molecule is COc1cc([N+](=O)[O-])ccc1N1C[C@H](C(=O)OCC(=O)c2ccc(OC(=O)c3ccc([N+](=O)[O-])cc3)cc2)CC1=O. The number of amides is 1. The number of non-ortho nitro benzene ring substituents is 2. The van der Waals surface area contributed by atoms with E-state index in [2.05, 4.69) is 0 Å². The van der Waals surface area contributed by atoms with Gasteiger partial charge in [0.2, 0.25) is 5.91 Å². The molecule has 1 aliphatic heterocycles. The van der Waals surface area contributed by atoms with Gasteiger partial charge in [0.25, 0.3) is 11.4 Å². The minimum absolute atomic E-state index is 0.0607. The Bertz CT molecular complexity index is 1540. The van der Waals surface area contributed by atoms with Gasteiger partial charge in [0.15, 0.2) is 12.4 Å². The Morgan fingerprint density at radius 3 is 2.12 bits per heavy atom. The molecule has 1 amide bonds. The Kier molecular flexibility index (Phi) is 8.32. The molecule has 14 nitrogen and oxygen atoms in total. The summed E-state index contributed by atoms with van der Waals surface area (Å²) in [6.07, 6.45) is -0.179. The van der Waals surface area contributed by atoms with Crippen molar-refractivity contribution in [2.24, 2.45) is 5.92 Å². The summed E-state index contributed by atoms with van der Waals surface area (Å²) in [5.74, 6) is -3.11. The number of hydrogen-bond acceptors (Lipinski definition) is 11. The fraction of sp³-hybridized carbons (Fsp3) is 0.185. The van der Waals surface area contributed by atoms with Crippen LogP contribution in [0.3, 0.4) is 0 Å². The Balaban J connectivity index is 1.31. The van der Waals surface area contributed by atoms with Crippen molar-refractivity contribution in [3.8, 4) is 11.5 Å². The van der Waals surface area contributed by atoms with Gasteiger partial charge in [-0.2, -0.15) is 0 Å². The van der Waals surface area contributed by atoms with E-state index >= 15 is 0 Å². The molecule has 3 aromatic carbocycles. The number of hydrogen-bond donors (Lipinski definition) is 0. The van der Waals surface area contributed by atoms with E-state index in [9.17, 15) is 39.4 Å². The molecule has 4 rings (SSSR count). The van der Waals surface area contributed by atoms with Crippen molar-refractivity contribution in [3.63, 3.8) is 0 Å². The van der Waals surface area contributed by atoms with Crippen LogP contribution in [-0.2, 0) is 14.3 Å². The number of carbonyl (C=O) groups excluding carboxylic acids is 4. The number of nitrogens with zero attached hydrogens (tertiary/aromatic N) is 3. The highest BCUT2D eigenvalue weighted by atomic mass is 16.6. The first-order valence-electron chi connectivity index (χ1n) is 12.0. The van der Waals surface area contributed by atoms with E-state index in [0.29, 0.717) is 0 Å². The van der Waals surface area contributed by atoms with Crippen LogP contribution in [0.25, 0.3) is 0 Å². The molecular weight excluding hydrogens is 542 g/mol. The Morgan fingerprint density at radius 1 is 0.902 bits per heavy atom. The van der Waals surface area contributed by atoms with Gasteiger partial charge >= 0.3 is 11.9 Å². The van der Waals surface area contributed by atoms with Crippen molar-refractivity contribution in [2.75, 3.05) is 25.2 Å². The monoisotopic (exact) mass is 563 g/mol. The third-order valence-corrected chi connectivity index (χ3v) is 6.17. The second-order valence-corrected chi connectivity index (χ2v) is 8.77. The van der Waals surface area contributed by atoms with Gasteiger partial charge in [-0.25, -0.2) is 4.79 Å². The van der Waals surface area contributed by atoms with Gasteiger partial charge in [-0.1, -0.05) is 0 Å². The number of anilines is 1. The topological polar surface area (TPSA) is 185 Å². The molecule has 14 heteroatoms. The molecule has 0 unspecified atom stereocenters. The molecule has 1 heterocycles. The van der Waals surface area contributed by atoms with Gasteiger partial charge in [-0.15, -0.1) is 0 Å². The Labute approximate surface area is 231 Å². The first-order valence-corrected chi connectivity index (χ1v) is 12.0. The van der Waals surface area contributed by atoms with Crippen LogP contribution in [0.1, 0.15) is 27.1 Å². The number of nitro groups is 2. The molecule has 0 radical (unpaired) electrons.